The van der Waals surface area contributed by atoms with Crippen LogP contribution in [0, 0.1) is 6.92 Å². The molecule has 1 aliphatic carbocycles. The first kappa shape index (κ1) is 21.7. The van der Waals surface area contributed by atoms with E-state index in [1.807, 2.05) is 0 Å². The highest BCUT2D eigenvalue weighted by molar-refractivity contribution is 7.89. The second-order valence-corrected chi connectivity index (χ2v) is 9.49. The Morgan fingerprint density at radius 3 is 2.59 bits per heavy atom. The predicted octanol–water partition coefficient (Wildman–Crippen LogP) is 3.07. The number of carbonyl (C=O) groups is 1. The number of hydrogen-bond acceptors (Lipinski definition) is 6. The fraction of sp³-hybridized carbons (Fsp3) is 0.526. The van der Waals surface area contributed by atoms with Crippen LogP contribution in [0.3, 0.4) is 0 Å². The molecule has 1 fully saturated rings. The second kappa shape index (κ2) is 9.23. The Bertz CT molecular complexity index is 953. The maximum Gasteiger partial charge on any atom is 0.240 e. The summed E-state index contributed by atoms with van der Waals surface area (Å²) in [6.07, 6.45) is 5.54. The third kappa shape index (κ3) is 5.55. The highest BCUT2D eigenvalue weighted by atomic mass is 35.5. The fourth-order valence-corrected chi connectivity index (χ4v) is 4.91. The summed E-state index contributed by atoms with van der Waals surface area (Å²) in [5.41, 5.74) is -0.669. The zero-order chi connectivity index (χ0) is 20.9. The average Bonchev–Trinajstić information content (AvgIpc) is 2.97. The molecule has 2 aromatic rings. The van der Waals surface area contributed by atoms with Crippen molar-refractivity contribution in [1.29, 1.82) is 0 Å². The molecule has 0 aliphatic heterocycles. The van der Waals surface area contributed by atoms with Crippen molar-refractivity contribution < 1.29 is 17.7 Å². The first-order valence-electron chi connectivity index (χ1n) is 9.68. The number of amides is 1. The van der Waals surface area contributed by atoms with Gasteiger partial charge in [0.25, 0.3) is 0 Å². The van der Waals surface area contributed by atoms with Gasteiger partial charge in [-0.25, -0.2) is 13.1 Å². The zero-order valence-corrected chi connectivity index (χ0v) is 17.9. The Hall–Kier alpha value is -1.97. The molecule has 1 saturated carbocycles. The summed E-state index contributed by atoms with van der Waals surface area (Å²) in [5, 5.41) is 7.44. The van der Waals surface area contributed by atoms with Crippen molar-refractivity contribution in [2.24, 2.45) is 0 Å². The third-order valence-corrected chi connectivity index (χ3v) is 6.74. The molecule has 8 nitrogen and oxygen atoms in total. The molecule has 0 saturated heterocycles. The maximum absolute atomic E-state index is 12.6. The zero-order valence-electron chi connectivity index (χ0n) is 16.3. The number of benzene rings is 1. The molecule has 10 heteroatoms. The minimum Gasteiger partial charge on any atom is -0.343 e. The second-order valence-electron chi connectivity index (χ2n) is 7.29. The van der Waals surface area contributed by atoms with Gasteiger partial charge in [0.1, 0.15) is 5.54 Å². The Morgan fingerprint density at radius 1 is 1.24 bits per heavy atom. The lowest BCUT2D eigenvalue weighted by atomic mass is 9.89. The van der Waals surface area contributed by atoms with Crippen molar-refractivity contribution in [1.82, 2.24) is 20.2 Å². The normalized spacial score (nSPS) is 16.9. The van der Waals surface area contributed by atoms with Gasteiger partial charge in [-0.15, -0.1) is 0 Å². The van der Waals surface area contributed by atoms with Crippen LogP contribution in [0.5, 0.6) is 0 Å². The fourth-order valence-electron chi connectivity index (χ4n) is 3.58. The number of nitrogens with one attached hydrogen (secondary N) is 2. The molecule has 0 spiro atoms. The number of aryl methyl sites for hydroxylation is 1. The van der Waals surface area contributed by atoms with E-state index in [9.17, 15) is 13.2 Å². The van der Waals surface area contributed by atoms with Gasteiger partial charge in [-0.2, -0.15) is 4.98 Å². The lowest BCUT2D eigenvalue weighted by Gasteiger charge is -2.30. The largest absolute Gasteiger partial charge is 0.343 e. The van der Waals surface area contributed by atoms with Gasteiger partial charge in [0.15, 0.2) is 5.82 Å². The van der Waals surface area contributed by atoms with Crippen LogP contribution in [0.4, 0.5) is 0 Å². The Balaban J connectivity index is 1.63. The van der Waals surface area contributed by atoms with Crippen LogP contribution < -0.4 is 10.0 Å². The molecule has 29 heavy (non-hydrogen) atoms. The molecule has 2 N–H and O–H groups in total. The molecular formula is C19H25ClN4O4S. The van der Waals surface area contributed by atoms with Gasteiger partial charge in [-0.05, 0) is 31.0 Å². The Kier molecular flexibility index (Phi) is 6.92. The first-order chi connectivity index (χ1) is 13.8. The van der Waals surface area contributed by atoms with Crippen molar-refractivity contribution in [3.63, 3.8) is 0 Å². The van der Waals surface area contributed by atoms with Crippen LogP contribution in [0.2, 0.25) is 5.02 Å². The summed E-state index contributed by atoms with van der Waals surface area (Å²) in [5.74, 6) is 0.681. The first-order valence-corrected chi connectivity index (χ1v) is 11.5. The van der Waals surface area contributed by atoms with Crippen LogP contribution in [0.25, 0.3) is 0 Å². The number of aromatic nitrogens is 2. The quantitative estimate of drug-likeness (QED) is 0.639. The van der Waals surface area contributed by atoms with E-state index in [0.29, 0.717) is 16.7 Å². The van der Waals surface area contributed by atoms with Gasteiger partial charge in [0.2, 0.25) is 21.8 Å². The molecule has 3 rings (SSSR count). The van der Waals surface area contributed by atoms with E-state index < -0.39 is 15.6 Å². The van der Waals surface area contributed by atoms with E-state index in [4.69, 9.17) is 16.1 Å². The Morgan fingerprint density at radius 2 is 1.97 bits per heavy atom. The van der Waals surface area contributed by atoms with Crippen molar-refractivity contribution in [3.8, 4) is 0 Å². The van der Waals surface area contributed by atoms with Crippen molar-refractivity contribution in [2.75, 3.05) is 6.54 Å². The van der Waals surface area contributed by atoms with Crippen LogP contribution in [-0.2, 0) is 20.4 Å². The summed E-state index contributed by atoms with van der Waals surface area (Å²) < 4.78 is 32.3. The number of nitrogens with zero attached hydrogens (tertiary/aromatic N) is 2. The average molecular weight is 441 g/mol. The summed E-state index contributed by atoms with van der Waals surface area (Å²) in [6, 6.07) is 5.97. The molecule has 1 aromatic carbocycles. The van der Waals surface area contributed by atoms with E-state index in [2.05, 4.69) is 20.2 Å². The summed E-state index contributed by atoms with van der Waals surface area (Å²) >= 11 is 5.86. The molecule has 0 radical (unpaired) electrons. The highest BCUT2D eigenvalue weighted by Gasteiger charge is 2.38. The lowest BCUT2D eigenvalue weighted by molar-refractivity contribution is -0.123. The SMILES string of the molecule is Cc1nc(C2(NC(=O)CCNS(=O)(=O)c3cccc(Cl)c3)CCCCCC2)no1. The maximum atomic E-state index is 12.6. The van der Waals surface area contributed by atoms with Crippen molar-refractivity contribution in [2.45, 2.75) is 62.3 Å². The monoisotopic (exact) mass is 440 g/mol. The van der Waals surface area contributed by atoms with E-state index in [1.54, 1.807) is 19.1 Å². The number of rotatable bonds is 7. The van der Waals surface area contributed by atoms with E-state index in [-0.39, 0.29) is 23.8 Å². The van der Waals surface area contributed by atoms with Crippen LogP contribution in [0.1, 0.15) is 56.7 Å². The van der Waals surface area contributed by atoms with Gasteiger partial charge in [-0.1, -0.05) is 48.5 Å². The third-order valence-electron chi connectivity index (χ3n) is 5.04. The summed E-state index contributed by atoms with van der Waals surface area (Å²) in [4.78, 5) is 17.0. The van der Waals surface area contributed by atoms with Crippen LogP contribution >= 0.6 is 11.6 Å². The molecule has 1 aromatic heterocycles. The van der Waals surface area contributed by atoms with Gasteiger partial charge < -0.3 is 9.84 Å². The Labute approximate surface area is 175 Å². The molecule has 1 heterocycles. The molecular weight excluding hydrogens is 416 g/mol. The van der Waals surface area contributed by atoms with E-state index in [1.165, 1.54) is 12.1 Å². The van der Waals surface area contributed by atoms with Crippen LogP contribution in [-0.4, -0.2) is 31.0 Å². The number of carbonyl (C=O) groups excluding carboxylic acids is 1. The highest BCUT2D eigenvalue weighted by Crippen LogP contribution is 2.34. The van der Waals surface area contributed by atoms with Crippen molar-refractivity contribution in [3.05, 3.63) is 41.0 Å². The summed E-state index contributed by atoms with van der Waals surface area (Å²) in [7, 11) is -3.74. The molecule has 0 unspecified atom stereocenters. The van der Waals surface area contributed by atoms with Crippen molar-refractivity contribution >= 4 is 27.5 Å². The topological polar surface area (TPSA) is 114 Å². The predicted molar refractivity (Wildman–Crippen MR) is 108 cm³/mol. The van der Waals surface area contributed by atoms with E-state index >= 15 is 0 Å². The standard InChI is InChI=1S/C19H25ClN4O4S/c1-14-22-18(24-28-14)19(10-4-2-3-5-11-19)23-17(25)9-12-21-29(26,27)16-8-6-7-15(20)13-16/h6-8,13,21H,2-5,9-12H2,1H3,(H,23,25). The van der Waals surface area contributed by atoms with Gasteiger partial charge >= 0.3 is 0 Å². The smallest absolute Gasteiger partial charge is 0.240 e. The van der Waals surface area contributed by atoms with Crippen LogP contribution in [0.15, 0.2) is 33.7 Å². The number of sulfonamides is 1. The molecule has 1 aliphatic rings. The number of hydrogen-bond donors (Lipinski definition) is 2. The van der Waals surface area contributed by atoms with Gasteiger partial charge in [-0.3, -0.25) is 4.79 Å². The molecule has 0 bridgehead atoms. The summed E-state index contributed by atoms with van der Waals surface area (Å²) in [6.45, 7) is 1.69. The lowest BCUT2D eigenvalue weighted by Crippen LogP contribution is -2.47. The minimum absolute atomic E-state index is 0.00161. The van der Waals surface area contributed by atoms with E-state index in [0.717, 1.165) is 38.5 Å². The number of halogens is 1. The van der Waals surface area contributed by atoms with Gasteiger partial charge in [0, 0.05) is 24.9 Å². The minimum atomic E-state index is -3.74. The molecule has 158 valence electrons. The molecule has 0 atom stereocenters. The molecule has 1 amide bonds. The van der Waals surface area contributed by atoms with Gasteiger partial charge in [0.05, 0.1) is 4.90 Å².